The summed E-state index contributed by atoms with van der Waals surface area (Å²) < 4.78 is 16.3. The second kappa shape index (κ2) is 19.5. The fourth-order valence-corrected chi connectivity index (χ4v) is 3.86. The number of hydrogen-bond acceptors (Lipinski definition) is 8. The van der Waals surface area contributed by atoms with Crippen molar-refractivity contribution in [1.29, 1.82) is 0 Å². The van der Waals surface area contributed by atoms with Gasteiger partial charge in [-0.3, -0.25) is 4.79 Å². The Balaban J connectivity index is 0. The topological polar surface area (TPSA) is 129 Å². The lowest BCUT2D eigenvalue weighted by molar-refractivity contribution is -0.282. The summed E-state index contributed by atoms with van der Waals surface area (Å²) in [7, 11) is 1.59. The number of aliphatic hydroxyl groups is 4. The maximum absolute atomic E-state index is 12.4. The van der Waals surface area contributed by atoms with E-state index < -0.39 is 36.6 Å². The molecule has 9 nitrogen and oxygen atoms in total. The minimum absolute atomic E-state index is 0. The van der Waals surface area contributed by atoms with E-state index in [2.05, 4.69) is 0 Å². The van der Waals surface area contributed by atoms with Gasteiger partial charge in [0.15, 0.2) is 6.29 Å². The smallest absolute Gasteiger partial charge is 0.222 e. The van der Waals surface area contributed by atoms with Gasteiger partial charge in [-0.05, 0) is 19.3 Å². The van der Waals surface area contributed by atoms with Gasteiger partial charge in [-0.15, -0.1) is 0 Å². The Morgan fingerprint density at radius 1 is 1.06 bits per heavy atom. The van der Waals surface area contributed by atoms with Gasteiger partial charge in [0.25, 0.3) is 0 Å². The highest BCUT2D eigenvalue weighted by Crippen LogP contribution is 2.27. The molecule has 2 unspecified atom stereocenters. The number of methoxy groups -OCH3 is 1. The fraction of sp³-hybridized carbons (Fsp3) is 0.958. The lowest BCUT2D eigenvalue weighted by Gasteiger charge is -2.40. The third-order valence-corrected chi connectivity index (χ3v) is 5.58. The Kier molecular flexibility index (Phi) is 20.3. The molecule has 2 aliphatic rings. The van der Waals surface area contributed by atoms with E-state index in [1.165, 1.54) is 0 Å². The molecule has 0 saturated carbocycles. The molecule has 0 aliphatic carbocycles. The van der Waals surface area contributed by atoms with Crippen molar-refractivity contribution in [2.45, 2.75) is 111 Å². The summed E-state index contributed by atoms with van der Waals surface area (Å²) in [5.74, 6) is -0.370. The summed E-state index contributed by atoms with van der Waals surface area (Å²) in [6.45, 7) is 10.5. The third-order valence-electron chi connectivity index (χ3n) is 5.58. The summed E-state index contributed by atoms with van der Waals surface area (Å²) in [6, 6.07) is -0.0537. The quantitative estimate of drug-likeness (QED) is 0.349. The number of carbonyl (C=O) groups is 1. The van der Waals surface area contributed by atoms with Crippen molar-refractivity contribution in [2.75, 3.05) is 33.5 Å². The van der Waals surface area contributed by atoms with Crippen molar-refractivity contribution in [3.05, 3.63) is 0 Å². The van der Waals surface area contributed by atoms with E-state index in [9.17, 15) is 25.2 Å². The van der Waals surface area contributed by atoms with Gasteiger partial charge in [-0.2, -0.15) is 0 Å². The molecule has 1 amide bonds. The molecule has 33 heavy (non-hydrogen) atoms. The van der Waals surface area contributed by atoms with E-state index in [4.69, 9.17) is 14.2 Å². The van der Waals surface area contributed by atoms with Gasteiger partial charge >= 0.3 is 0 Å². The minimum Gasteiger partial charge on any atom is -0.394 e. The Hall–Kier alpha value is -0.810. The van der Waals surface area contributed by atoms with E-state index in [0.717, 1.165) is 19.3 Å². The average Bonchev–Trinajstić information content (AvgIpc) is 3.19. The number of rotatable bonds is 10. The average molecular weight is 482 g/mol. The molecular weight excluding hydrogens is 430 g/mol. The van der Waals surface area contributed by atoms with Gasteiger partial charge in [0.1, 0.15) is 12.2 Å². The number of amides is 1. The van der Waals surface area contributed by atoms with Gasteiger partial charge in [0, 0.05) is 32.6 Å². The molecule has 7 atom stereocenters. The van der Waals surface area contributed by atoms with Gasteiger partial charge in [0.05, 0.1) is 31.5 Å². The van der Waals surface area contributed by atoms with Crippen molar-refractivity contribution in [3.63, 3.8) is 0 Å². The summed E-state index contributed by atoms with van der Waals surface area (Å²) in [4.78, 5) is 14.1. The molecule has 2 fully saturated rings. The SMILES string of the molecule is C.CC.CC.COC[C@@H]1C[C@@H](O)CN1C(=O)CCCCCO[C@@H]1OC(CO)[C@H](O)[C@H](O)C1C. The Bertz CT molecular complexity index is 479. The van der Waals surface area contributed by atoms with Crippen LogP contribution in [0.3, 0.4) is 0 Å². The van der Waals surface area contributed by atoms with Crippen LogP contribution in [0.4, 0.5) is 0 Å². The predicted molar refractivity (Wildman–Crippen MR) is 129 cm³/mol. The molecule has 0 spiro atoms. The van der Waals surface area contributed by atoms with E-state index in [0.29, 0.717) is 32.6 Å². The lowest BCUT2D eigenvalue weighted by Crippen LogP contribution is -2.55. The number of likely N-dealkylation sites (tertiary alicyclic amines) is 1. The van der Waals surface area contributed by atoms with Crippen LogP contribution >= 0.6 is 0 Å². The standard InChI is InChI=1S/C19H35NO8.2C2H6.CH4/c1-12-17(24)18(25)15(10-21)28-19(12)27-7-5-3-4-6-16(23)20-9-14(22)8-13(20)11-26-2;2*1-2;/h12-15,17-19,21-22,24-25H,3-11H2,1-2H3;2*1-2H3;1H4/t12?,13-,14+,15?,17+,18-,19+;;;/m0.../s1. The van der Waals surface area contributed by atoms with Crippen molar-refractivity contribution >= 4 is 5.91 Å². The molecule has 0 bridgehead atoms. The van der Waals surface area contributed by atoms with Crippen LogP contribution in [0, 0.1) is 5.92 Å². The van der Waals surface area contributed by atoms with Crippen molar-refractivity contribution in [2.24, 2.45) is 5.92 Å². The van der Waals surface area contributed by atoms with E-state index in [1.54, 1.807) is 18.9 Å². The molecule has 4 N–H and O–H groups in total. The van der Waals surface area contributed by atoms with Gasteiger partial charge < -0.3 is 39.5 Å². The van der Waals surface area contributed by atoms with Gasteiger partial charge in [-0.1, -0.05) is 48.5 Å². The van der Waals surface area contributed by atoms with Gasteiger partial charge in [-0.25, -0.2) is 0 Å². The third kappa shape index (κ3) is 11.0. The van der Waals surface area contributed by atoms with Crippen LogP contribution in [0.2, 0.25) is 0 Å². The Morgan fingerprint density at radius 3 is 2.27 bits per heavy atom. The van der Waals surface area contributed by atoms with Crippen LogP contribution in [0.15, 0.2) is 0 Å². The van der Waals surface area contributed by atoms with Crippen molar-refractivity contribution < 1.29 is 39.4 Å². The first kappa shape index (κ1) is 34.4. The van der Waals surface area contributed by atoms with Crippen LogP contribution in [-0.2, 0) is 19.0 Å². The number of hydrogen-bond donors (Lipinski definition) is 4. The first-order valence-electron chi connectivity index (χ1n) is 12.1. The molecule has 2 heterocycles. The highest BCUT2D eigenvalue weighted by molar-refractivity contribution is 5.76. The normalized spacial score (nSPS) is 31.0. The largest absolute Gasteiger partial charge is 0.394 e. The van der Waals surface area contributed by atoms with Crippen LogP contribution in [0.5, 0.6) is 0 Å². The molecule has 2 aliphatic heterocycles. The zero-order valence-electron chi connectivity index (χ0n) is 20.8. The Labute approximate surface area is 201 Å². The number of aliphatic hydroxyl groups excluding tert-OH is 4. The van der Waals surface area contributed by atoms with Crippen LogP contribution < -0.4 is 0 Å². The van der Waals surface area contributed by atoms with Crippen LogP contribution in [0.1, 0.15) is 74.1 Å². The highest BCUT2D eigenvalue weighted by atomic mass is 16.7. The predicted octanol–water partition coefficient (Wildman–Crippen LogP) is 1.94. The maximum atomic E-state index is 12.4. The monoisotopic (exact) mass is 481 g/mol. The highest BCUT2D eigenvalue weighted by Gasteiger charge is 2.42. The van der Waals surface area contributed by atoms with Crippen molar-refractivity contribution in [3.8, 4) is 0 Å². The molecule has 0 aromatic heterocycles. The second-order valence-corrected chi connectivity index (χ2v) is 7.79. The molecule has 0 aromatic carbocycles. The number of carbonyl (C=O) groups excluding carboxylic acids is 1. The molecule has 2 rings (SSSR count). The summed E-state index contributed by atoms with van der Waals surface area (Å²) in [6.07, 6.45) is -0.936. The first-order chi connectivity index (χ1) is 15.4. The Morgan fingerprint density at radius 2 is 1.70 bits per heavy atom. The number of β-amino-alcohol motifs (C(OH)–C–C–N with tert-alkyl or cyclic N) is 1. The van der Waals surface area contributed by atoms with E-state index >= 15 is 0 Å². The fourth-order valence-electron chi connectivity index (χ4n) is 3.86. The molecule has 2 saturated heterocycles. The second-order valence-electron chi connectivity index (χ2n) is 7.79. The van der Waals surface area contributed by atoms with Crippen LogP contribution in [0.25, 0.3) is 0 Å². The van der Waals surface area contributed by atoms with Crippen LogP contribution in [-0.4, -0.2) is 101 Å². The number of nitrogens with zero attached hydrogens (tertiary/aromatic N) is 1. The summed E-state index contributed by atoms with van der Waals surface area (Å²) in [5, 5.41) is 38.8. The van der Waals surface area contributed by atoms with Crippen molar-refractivity contribution in [1.82, 2.24) is 4.90 Å². The first-order valence-corrected chi connectivity index (χ1v) is 12.1. The molecular formula is C24H51NO8. The minimum atomic E-state index is -1.13. The molecule has 9 heteroatoms. The van der Waals surface area contributed by atoms with Gasteiger partial charge in [0.2, 0.25) is 5.91 Å². The zero-order valence-corrected chi connectivity index (χ0v) is 20.8. The molecule has 0 aromatic rings. The maximum Gasteiger partial charge on any atom is 0.222 e. The summed E-state index contributed by atoms with van der Waals surface area (Å²) >= 11 is 0. The van der Waals surface area contributed by atoms with E-state index in [-0.39, 0.29) is 26.0 Å². The summed E-state index contributed by atoms with van der Waals surface area (Å²) in [5.41, 5.74) is 0. The molecule has 0 radical (unpaired) electrons. The lowest BCUT2D eigenvalue weighted by atomic mass is 9.92. The molecule has 200 valence electrons. The zero-order chi connectivity index (χ0) is 24.7. The number of unbranched alkanes of at least 4 members (excludes halogenated alkanes) is 2. The number of ether oxygens (including phenoxy) is 3. The van der Waals surface area contributed by atoms with E-state index in [1.807, 2.05) is 27.7 Å².